The highest BCUT2D eigenvalue weighted by atomic mass is 35.5. The second-order valence-electron chi connectivity index (χ2n) is 8.31. The first-order valence-electron chi connectivity index (χ1n) is 10.7. The molecule has 5 nitrogen and oxygen atoms in total. The highest BCUT2D eigenvalue weighted by Crippen LogP contribution is 2.46. The van der Waals surface area contributed by atoms with Crippen LogP contribution in [0.4, 0.5) is 0 Å². The minimum absolute atomic E-state index is 0. The molecule has 0 unspecified atom stereocenters. The lowest BCUT2D eigenvalue weighted by atomic mass is 9.84. The highest BCUT2D eigenvalue weighted by Gasteiger charge is 2.43. The number of thiophene rings is 1. The summed E-state index contributed by atoms with van der Waals surface area (Å²) < 4.78 is 30.3. The minimum atomic E-state index is -3.19. The van der Waals surface area contributed by atoms with E-state index in [1.54, 1.807) is 30.4 Å². The Hall–Kier alpha value is -1.25. The maximum atomic E-state index is 12.9. The van der Waals surface area contributed by atoms with Gasteiger partial charge < -0.3 is 10.1 Å². The number of ether oxygens (including phenoxy) is 1. The lowest BCUT2D eigenvalue weighted by molar-refractivity contribution is -0.117. The molecule has 0 bridgehead atoms. The molecule has 1 spiro atoms. The van der Waals surface area contributed by atoms with Crippen LogP contribution in [-0.4, -0.2) is 39.1 Å². The van der Waals surface area contributed by atoms with Gasteiger partial charge in [0.25, 0.3) is 0 Å². The number of Topliss-reactive ketones (excluding diaryl/α,β-unsaturated/α-hetero) is 1. The number of benzene rings is 1. The van der Waals surface area contributed by atoms with Crippen molar-refractivity contribution >= 4 is 39.4 Å². The molecule has 0 amide bonds. The van der Waals surface area contributed by atoms with Crippen LogP contribution in [0, 0.1) is 0 Å². The van der Waals surface area contributed by atoms with E-state index in [0.29, 0.717) is 17.7 Å². The van der Waals surface area contributed by atoms with Gasteiger partial charge in [-0.25, -0.2) is 8.42 Å². The van der Waals surface area contributed by atoms with E-state index in [4.69, 9.17) is 4.74 Å². The molecule has 1 aromatic heterocycles. The van der Waals surface area contributed by atoms with Crippen molar-refractivity contribution in [2.24, 2.45) is 0 Å². The number of halogens is 1. The predicted molar refractivity (Wildman–Crippen MR) is 126 cm³/mol. The molecule has 1 saturated heterocycles. The van der Waals surface area contributed by atoms with Crippen LogP contribution in [-0.2, 0) is 33.0 Å². The first kappa shape index (κ1) is 24.4. The van der Waals surface area contributed by atoms with Gasteiger partial charge in [-0.2, -0.15) is 0 Å². The van der Waals surface area contributed by atoms with Gasteiger partial charge in [-0.15, -0.1) is 23.7 Å². The quantitative estimate of drug-likeness (QED) is 0.619. The number of piperidine rings is 1. The van der Waals surface area contributed by atoms with Gasteiger partial charge in [0.1, 0.15) is 5.60 Å². The fourth-order valence-electron chi connectivity index (χ4n) is 4.48. The lowest BCUT2D eigenvalue weighted by Crippen LogP contribution is -2.46. The summed E-state index contributed by atoms with van der Waals surface area (Å²) in [4.78, 5) is 15.3. The molecule has 2 aliphatic rings. The molecule has 1 fully saturated rings. The minimum Gasteiger partial charge on any atom is -0.366 e. The molecule has 1 atom stereocenters. The molecule has 3 heterocycles. The van der Waals surface area contributed by atoms with Crippen molar-refractivity contribution in [3.8, 4) is 0 Å². The summed E-state index contributed by atoms with van der Waals surface area (Å²) in [5.41, 5.74) is 2.02. The molecule has 0 radical (unpaired) electrons. The van der Waals surface area contributed by atoms with E-state index in [-0.39, 0.29) is 35.6 Å². The van der Waals surface area contributed by atoms with Crippen molar-refractivity contribution in [2.75, 3.05) is 18.8 Å². The maximum Gasteiger partial charge on any atom is 0.178 e. The van der Waals surface area contributed by atoms with E-state index in [1.807, 2.05) is 12.1 Å². The van der Waals surface area contributed by atoms with Crippen LogP contribution >= 0.6 is 23.7 Å². The van der Waals surface area contributed by atoms with Crippen LogP contribution in [0.1, 0.15) is 58.8 Å². The van der Waals surface area contributed by atoms with Crippen molar-refractivity contribution in [1.82, 2.24) is 5.32 Å². The Balaban J connectivity index is 0.00000272. The van der Waals surface area contributed by atoms with Crippen molar-refractivity contribution in [3.05, 3.63) is 51.2 Å². The fourth-order valence-corrected chi connectivity index (χ4v) is 6.71. The molecule has 31 heavy (non-hydrogen) atoms. The zero-order valence-corrected chi connectivity index (χ0v) is 20.4. The van der Waals surface area contributed by atoms with Gasteiger partial charge in [0, 0.05) is 11.3 Å². The van der Waals surface area contributed by atoms with Crippen molar-refractivity contribution < 1.29 is 17.9 Å². The highest BCUT2D eigenvalue weighted by molar-refractivity contribution is 7.91. The van der Waals surface area contributed by atoms with E-state index in [9.17, 15) is 13.2 Å². The molecular weight excluding hydrogens is 454 g/mol. The molecule has 8 heteroatoms. The summed E-state index contributed by atoms with van der Waals surface area (Å²) in [7, 11) is -3.19. The number of carbonyl (C=O) groups is 1. The number of carbonyl (C=O) groups excluding carboxylic acids is 1. The van der Waals surface area contributed by atoms with Crippen LogP contribution in [0.2, 0.25) is 0 Å². The molecule has 4 rings (SSSR count). The van der Waals surface area contributed by atoms with Gasteiger partial charge >= 0.3 is 0 Å². The van der Waals surface area contributed by atoms with E-state index in [2.05, 4.69) is 18.3 Å². The van der Waals surface area contributed by atoms with E-state index < -0.39 is 9.84 Å². The third-order valence-electron chi connectivity index (χ3n) is 6.15. The van der Waals surface area contributed by atoms with Gasteiger partial charge in [-0.05, 0) is 75.0 Å². The van der Waals surface area contributed by atoms with Crippen LogP contribution in [0.15, 0.2) is 35.2 Å². The summed E-state index contributed by atoms with van der Waals surface area (Å²) in [6.45, 7) is 5.64. The first-order valence-corrected chi connectivity index (χ1v) is 13.2. The number of hydrogen-bond acceptors (Lipinski definition) is 6. The van der Waals surface area contributed by atoms with Crippen LogP contribution < -0.4 is 5.32 Å². The Morgan fingerprint density at radius 2 is 1.90 bits per heavy atom. The second kappa shape index (κ2) is 9.71. The van der Waals surface area contributed by atoms with E-state index in [0.717, 1.165) is 42.8 Å². The smallest absolute Gasteiger partial charge is 0.178 e. The molecule has 1 N–H and O–H groups in total. The summed E-state index contributed by atoms with van der Waals surface area (Å²) >= 11 is 1.61. The third-order valence-corrected chi connectivity index (χ3v) is 9.30. The molecule has 0 saturated carbocycles. The average molecular weight is 484 g/mol. The summed E-state index contributed by atoms with van der Waals surface area (Å²) in [5, 5.41) is 3.41. The fraction of sp³-hybridized carbons (Fsp3) is 0.522. The molecule has 2 aliphatic heterocycles. The van der Waals surface area contributed by atoms with Crippen LogP contribution in [0.25, 0.3) is 0 Å². The summed E-state index contributed by atoms with van der Waals surface area (Å²) in [5.74, 6) is 0.240. The standard InChI is InChI=1S/C23H29NO4S2.ClH/c1-3-30(26,27)19-7-4-17(5-8-19)6-9-20(25)21-15-18-14-16(2)28-23(22(18)29-21)10-12-24-13-11-23;/h4-5,7-8,15-16,24H,3,6,9-14H2,1-2H3;1H/t16-;/m1./s1. The average Bonchev–Trinajstić information content (AvgIpc) is 3.18. The summed E-state index contributed by atoms with van der Waals surface area (Å²) in [6.07, 6.45) is 3.96. The largest absolute Gasteiger partial charge is 0.366 e. The topological polar surface area (TPSA) is 72.5 Å². The first-order chi connectivity index (χ1) is 14.3. The Labute approximate surface area is 194 Å². The zero-order valence-electron chi connectivity index (χ0n) is 18.0. The van der Waals surface area contributed by atoms with Crippen molar-refractivity contribution in [1.29, 1.82) is 0 Å². The Morgan fingerprint density at radius 1 is 1.23 bits per heavy atom. The SMILES string of the molecule is CCS(=O)(=O)c1ccc(CCC(=O)c2cc3c(s2)C2(CCNCC2)O[C@H](C)C3)cc1.Cl. The molecular formula is C23H30ClNO4S2. The number of sulfone groups is 1. The number of aryl methyl sites for hydroxylation is 1. The summed E-state index contributed by atoms with van der Waals surface area (Å²) in [6, 6.07) is 9.00. The second-order valence-corrected chi connectivity index (χ2v) is 11.6. The zero-order chi connectivity index (χ0) is 21.4. The van der Waals surface area contributed by atoms with E-state index in [1.165, 1.54) is 10.4 Å². The predicted octanol–water partition coefficient (Wildman–Crippen LogP) is 4.32. The Morgan fingerprint density at radius 3 is 2.55 bits per heavy atom. The number of hydrogen-bond donors (Lipinski definition) is 1. The number of nitrogens with one attached hydrogen (secondary N) is 1. The van der Waals surface area contributed by atoms with Gasteiger partial charge in [-0.3, -0.25) is 4.79 Å². The normalized spacial score (nSPS) is 20.1. The number of rotatable bonds is 6. The van der Waals surface area contributed by atoms with Crippen molar-refractivity contribution in [3.63, 3.8) is 0 Å². The Bertz CT molecular complexity index is 1020. The van der Waals surface area contributed by atoms with Crippen molar-refractivity contribution in [2.45, 2.75) is 62.6 Å². The monoisotopic (exact) mass is 483 g/mol. The van der Waals surface area contributed by atoms with Gasteiger partial charge in [-0.1, -0.05) is 19.1 Å². The number of fused-ring (bicyclic) bond motifs is 2. The van der Waals surface area contributed by atoms with E-state index >= 15 is 0 Å². The van der Waals surface area contributed by atoms with Gasteiger partial charge in [0.05, 0.1) is 21.6 Å². The Kier molecular flexibility index (Phi) is 7.64. The maximum absolute atomic E-state index is 12.9. The van der Waals surface area contributed by atoms with Gasteiger partial charge in [0.15, 0.2) is 15.6 Å². The third kappa shape index (κ3) is 5.06. The molecule has 1 aromatic carbocycles. The van der Waals surface area contributed by atoms with Crippen LogP contribution in [0.5, 0.6) is 0 Å². The molecule has 170 valence electrons. The lowest BCUT2D eigenvalue weighted by Gasteiger charge is -2.43. The van der Waals surface area contributed by atoms with Crippen LogP contribution in [0.3, 0.4) is 0 Å². The van der Waals surface area contributed by atoms with Gasteiger partial charge in [0.2, 0.25) is 0 Å². The number of ketones is 1. The molecule has 2 aromatic rings. The molecule has 0 aliphatic carbocycles.